The van der Waals surface area contributed by atoms with Gasteiger partial charge in [0.1, 0.15) is 12.3 Å². The first-order valence-corrected chi connectivity index (χ1v) is 11.6. The molecule has 1 heterocycles. The van der Waals surface area contributed by atoms with Gasteiger partial charge in [-0.2, -0.15) is 0 Å². The smallest absolute Gasteiger partial charge is 0.264 e. The second-order valence-corrected chi connectivity index (χ2v) is 9.14. The van der Waals surface area contributed by atoms with Crippen LogP contribution in [0.2, 0.25) is 0 Å². The van der Waals surface area contributed by atoms with Crippen molar-refractivity contribution in [1.29, 1.82) is 0 Å². The summed E-state index contributed by atoms with van der Waals surface area (Å²) in [4.78, 5) is 14.9. The number of carbonyl (C=O) groups is 1. The summed E-state index contributed by atoms with van der Waals surface area (Å²) in [6.07, 6.45) is 0. The standard InChI is InChI=1S/C22H29N3O5S/c1-18-16-20(8-9-21(18)29-2)31(27,28)25(19-6-4-3-5-7-19)17-22(26)23-10-11-24-12-14-30-15-13-24/h3-9,16H,10-15,17H2,1-2H3,(H,23,26). The van der Waals surface area contributed by atoms with E-state index in [2.05, 4.69) is 10.2 Å². The summed E-state index contributed by atoms with van der Waals surface area (Å²) in [5, 5.41) is 2.84. The Balaban J connectivity index is 1.75. The van der Waals surface area contributed by atoms with Gasteiger partial charge in [0.15, 0.2) is 0 Å². The van der Waals surface area contributed by atoms with E-state index >= 15 is 0 Å². The van der Waals surface area contributed by atoms with E-state index in [9.17, 15) is 13.2 Å². The minimum Gasteiger partial charge on any atom is -0.496 e. The van der Waals surface area contributed by atoms with Crippen molar-refractivity contribution in [2.75, 3.05) is 57.4 Å². The van der Waals surface area contributed by atoms with Gasteiger partial charge >= 0.3 is 0 Å². The third-order valence-electron chi connectivity index (χ3n) is 5.14. The number of nitrogens with one attached hydrogen (secondary N) is 1. The quantitative estimate of drug-likeness (QED) is 0.629. The number of para-hydroxylation sites is 1. The van der Waals surface area contributed by atoms with Crippen molar-refractivity contribution in [2.24, 2.45) is 0 Å². The normalized spacial score (nSPS) is 14.8. The number of anilines is 1. The van der Waals surface area contributed by atoms with E-state index < -0.39 is 10.0 Å². The Hall–Kier alpha value is -2.62. The van der Waals surface area contributed by atoms with Crippen LogP contribution in [0.3, 0.4) is 0 Å². The van der Waals surface area contributed by atoms with E-state index in [0.717, 1.165) is 17.4 Å². The summed E-state index contributed by atoms with van der Waals surface area (Å²) >= 11 is 0. The predicted octanol–water partition coefficient (Wildman–Crippen LogP) is 1.65. The lowest BCUT2D eigenvalue weighted by Gasteiger charge is -2.27. The molecule has 1 N–H and O–H groups in total. The van der Waals surface area contributed by atoms with Crippen LogP contribution in [0, 0.1) is 6.92 Å². The molecule has 0 bridgehead atoms. The first kappa shape index (κ1) is 23.1. The van der Waals surface area contributed by atoms with Crippen molar-refractivity contribution in [3.8, 4) is 5.75 Å². The molecule has 1 aliphatic rings. The van der Waals surface area contributed by atoms with E-state index in [1.807, 2.05) is 0 Å². The van der Waals surface area contributed by atoms with Gasteiger partial charge in [0.2, 0.25) is 5.91 Å². The van der Waals surface area contributed by atoms with Crippen LogP contribution in [0.1, 0.15) is 5.56 Å². The minimum atomic E-state index is -3.95. The summed E-state index contributed by atoms with van der Waals surface area (Å²) in [6.45, 7) is 5.66. The SMILES string of the molecule is COc1ccc(S(=O)(=O)N(CC(=O)NCCN2CCOCC2)c2ccccc2)cc1C. The van der Waals surface area contributed by atoms with Crippen LogP contribution >= 0.6 is 0 Å². The van der Waals surface area contributed by atoms with Crippen molar-refractivity contribution in [3.05, 3.63) is 54.1 Å². The molecule has 0 aliphatic carbocycles. The van der Waals surface area contributed by atoms with Gasteiger partial charge in [-0.25, -0.2) is 8.42 Å². The maximum absolute atomic E-state index is 13.4. The molecule has 0 radical (unpaired) electrons. The van der Waals surface area contributed by atoms with Crippen LogP contribution in [0.5, 0.6) is 5.75 Å². The molecule has 1 fully saturated rings. The topological polar surface area (TPSA) is 88.2 Å². The molecule has 0 spiro atoms. The zero-order valence-electron chi connectivity index (χ0n) is 17.9. The zero-order chi connectivity index (χ0) is 22.3. The number of ether oxygens (including phenoxy) is 2. The number of amides is 1. The molecular formula is C22H29N3O5S. The average Bonchev–Trinajstić information content (AvgIpc) is 2.78. The van der Waals surface area contributed by atoms with Gasteiger partial charge in [0, 0.05) is 26.2 Å². The maximum atomic E-state index is 13.4. The number of aryl methyl sites for hydroxylation is 1. The fourth-order valence-corrected chi connectivity index (χ4v) is 4.92. The van der Waals surface area contributed by atoms with E-state index in [1.54, 1.807) is 49.4 Å². The first-order chi connectivity index (χ1) is 14.9. The van der Waals surface area contributed by atoms with Crippen LogP contribution in [0.25, 0.3) is 0 Å². The van der Waals surface area contributed by atoms with Gasteiger partial charge in [-0.05, 0) is 42.8 Å². The predicted molar refractivity (Wildman–Crippen MR) is 119 cm³/mol. The second kappa shape index (κ2) is 10.6. The largest absolute Gasteiger partial charge is 0.496 e. The van der Waals surface area contributed by atoms with Gasteiger partial charge < -0.3 is 14.8 Å². The number of hydrogen-bond donors (Lipinski definition) is 1. The lowest BCUT2D eigenvalue weighted by molar-refractivity contribution is -0.119. The molecule has 1 aliphatic heterocycles. The number of morpholine rings is 1. The number of sulfonamides is 1. The average molecular weight is 448 g/mol. The summed E-state index contributed by atoms with van der Waals surface area (Å²) < 4.78 is 38.5. The maximum Gasteiger partial charge on any atom is 0.264 e. The van der Waals surface area contributed by atoms with Crippen molar-refractivity contribution in [2.45, 2.75) is 11.8 Å². The Morgan fingerprint density at radius 3 is 2.52 bits per heavy atom. The van der Waals surface area contributed by atoms with Crippen LogP contribution in [-0.2, 0) is 19.6 Å². The second-order valence-electron chi connectivity index (χ2n) is 7.28. The highest BCUT2D eigenvalue weighted by Gasteiger charge is 2.27. The number of rotatable bonds is 9. The number of methoxy groups -OCH3 is 1. The van der Waals surface area contributed by atoms with Crippen molar-refractivity contribution in [1.82, 2.24) is 10.2 Å². The molecular weight excluding hydrogens is 418 g/mol. The van der Waals surface area contributed by atoms with Crippen molar-refractivity contribution in [3.63, 3.8) is 0 Å². The van der Waals surface area contributed by atoms with E-state index in [-0.39, 0.29) is 17.3 Å². The minimum absolute atomic E-state index is 0.107. The number of nitrogens with zero attached hydrogens (tertiary/aromatic N) is 2. The van der Waals surface area contributed by atoms with Gasteiger partial charge in [-0.1, -0.05) is 18.2 Å². The third-order valence-corrected chi connectivity index (χ3v) is 6.91. The summed E-state index contributed by atoms with van der Waals surface area (Å²) in [5.41, 5.74) is 1.13. The Bertz CT molecular complexity index is 976. The number of benzene rings is 2. The van der Waals surface area contributed by atoms with Crippen LogP contribution in [0.4, 0.5) is 5.69 Å². The lowest BCUT2D eigenvalue weighted by atomic mass is 10.2. The highest BCUT2D eigenvalue weighted by molar-refractivity contribution is 7.92. The van der Waals surface area contributed by atoms with Crippen molar-refractivity contribution < 1.29 is 22.7 Å². The molecule has 0 saturated carbocycles. The summed E-state index contributed by atoms with van der Waals surface area (Å²) in [5.74, 6) is 0.247. The van der Waals surface area contributed by atoms with Crippen LogP contribution < -0.4 is 14.4 Å². The Kier molecular flexibility index (Phi) is 7.89. The molecule has 9 heteroatoms. The molecule has 2 aromatic rings. The summed E-state index contributed by atoms with van der Waals surface area (Å²) in [6, 6.07) is 13.3. The molecule has 168 valence electrons. The highest BCUT2D eigenvalue weighted by Crippen LogP contribution is 2.27. The van der Waals surface area contributed by atoms with Gasteiger partial charge in [-0.15, -0.1) is 0 Å². The number of carbonyl (C=O) groups excluding carboxylic acids is 1. The monoisotopic (exact) mass is 447 g/mol. The molecule has 1 saturated heterocycles. The fraction of sp³-hybridized carbons (Fsp3) is 0.409. The number of hydrogen-bond acceptors (Lipinski definition) is 6. The van der Waals surface area contributed by atoms with E-state index in [4.69, 9.17) is 9.47 Å². The Morgan fingerprint density at radius 2 is 1.87 bits per heavy atom. The zero-order valence-corrected chi connectivity index (χ0v) is 18.7. The molecule has 8 nitrogen and oxygen atoms in total. The Morgan fingerprint density at radius 1 is 1.16 bits per heavy atom. The van der Waals surface area contributed by atoms with Crippen LogP contribution in [-0.4, -0.2) is 72.3 Å². The highest BCUT2D eigenvalue weighted by atomic mass is 32.2. The molecule has 0 unspecified atom stereocenters. The molecule has 0 atom stereocenters. The summed E-state index contributed by atoms with van der Waals surface area (Å²) in [7, 11) is -2.42. The van der Waals surface area contributed by atoms with Gasteiger partial charge in [0.05, 0.1) is 30.9 Å². The third kappa shape index (κ3) is 5.96. The molecule has 3 rings (SSSR count). The molecule has 31 heavy (non-hydrogen) atoms. The van der Waals surface area contributed by atoms with E-state index in [0.29, 0.717) is 43.3 Å². The van der Waals surface area contributed by atoms with Gasteiger partial charge in [0.25, 0.3) is 10.0 Å². The van der Waals surface area contributed by atoms with Gasteiger partial charge in [-0.3, -0.25) is 14.0 Å². The van der Waals surface area contributed by atoms with Crippen LogP contribution in [0.15, 0.2) is 53.4 Å². The lowest BCUT2D eigenvalue weighted by Crippen LogP contribution is -2.44. The molecule has 2 aromatic carbocycles. The van der Waals surface area contributed by atoms with E-state index in [1.165, 1.54) is 13.2 Å². The fourth-order valence-electron chi connectivity index (χ4n) is 3.41. The molecule has 1 amide bonds. The molecule has 0 aromatic heterocycles. The Labute approximate surface area is 183 Å². The first-order valence-electron chi connectivity index (χ1n) is 10.2. The van der Waals surface area contributed by atoms with Crippen molar-refractivity contribution >= 4 is 21.6 Å².